The van der Waals surface area contributed by atoms with Crippen molar-refractivity contribution in [2.45, 2.75) is 6.92 Å². The molecule has 2 rings (SSSR count). The van der Waals surface area contributed by atoms with E-state index in [0.717, 1.165) is 16.7 Å². The number of benzene rings is 2. The highest BCUT2D eigenvalue weighted by molar-refractivity contribution is 5.93. The van der Waals surface area contributed by atoms with Crippen molar-refractivity contribution in [3.8, 4) is 11.1 Å². The molecule has 2 heteroatoms. The van der Waals surface area contributed by atoms with E-state index in [1.165, 1.54) is 13.0 Å². The van der Waals surface area contributed by atoms with Crippen LogP contribution in [-0.4, -0.2) is 10.9 Å². The SMILES string of the molecule is C=Cc1ccc(-c2ccc(C(O)=CC(C)=O)cc2)cc1. The molecule has 20 heavy (non-hydrogen) atoms. The molecule has 0 spiro atoms. The number of allylic oxidation sites excluding steroid dienone is 1. The zero-order valence-corrected chi connectivity index (χ0v) is 11.3. The maximum atomic E-state index is 10.9. The minimum absolute atomic E-state index is 0.00828. The molecule has 0 fully saturated rings. The lowest BCUT2D eigenvalue weighted by Gasteiger charge is -2.04. The smallest absolute Gasteiger partial charge is 0.156 e. The highest BCUT2D eigenvalue weighted by Crippen LogP contribution is 2.22. The molecule has 0 aliphatic heterocycles. The monoisotopic (exact) mass is 264 g/mol. The van der Waals surface area contributed by atoms with Gasteiger partial charge in [-0.2, -0.15) is 0 Å². The predicted molar refractivity (Wildman–Crippen MR) is 83.3 cm³/mol. The van der Waals surface area contributed by atoms with Crippen LogP contribution in [0.5, 0.6) is 0 Å². The van der Waals surface area contributed by atoms with Gasteiger partial charge in [-0.05, 0) is 23.6 Å². The summed E-state index contributed by atoms with van der Waals surface area (Å²) in [5, 5.41) is 9.75. The molecule has 2 aromatic carbocycles. The molecule has 2 nitrogen and oxygen atoms in total. The van der Waals surface area contributed by atoms with E-state index < -0.39 is 0 Å². The van der Waals surface area contributed by atoms with Crippen LogP contribution in [-0.2, 0) is 4.79 Å². The second-order valence-electron chi connectivity index (χ2n) is 4.54. The largest absolute Gasteiger partial charge is 0.507 e. The van der Waals surface area contributed by atoms with E-state index >= 15 is 0 Å². The van der Waals surface area contributed by atoms with E-state index in [0.29, 0.717) is 5.56 Å². The van der Waals surface area contributed by atoms with Gasteiger partial charge >= 0.3 is 0 Å². The number of carbonyl (C=O) groups excluding carboxylic acids is 1. The molecule has 0 saturated heterocycles. The van der Waals surface area contributed by atoms with E-state index in [-0.39, 0.29) is 11.5 Å². The first-order chi connectivity index (χ1) is 9.60. The van der Waals surface area contributed by atoms with Crippen LogP contribution in [0.25, 0.3) is 23.0 Å². The Bertz CT molecular complexity index is 647. The Hall–Kier alpha value is -2.61. The third-order valence-electron chi connectivity index (χ3n) is 3.00. The Morgan fingerprint density at radius 2 is 1.50 bits per heavy atom. The molecular formula is C18H16O2. The number of ketones is 1. The maximum Gasteiger partial charge on any atom is 0.156 e. The third-order valence-corrected chi connectivity index (χ3v) is 3.00. The zero-order valence-electron chi connectivity index (χ0n) is 11.3. The molecule has 0 bridgehead atoms. The fourth-order valence-corrected chi connectivity index (χ4v) is 1.92. The van der Waals surface area contributed by atoms with Crippen molar-refractivity contribution in [1.29, 1.82) is 0 Å². The highest BCUT2D eigenvalue weighted by Gasteiger charge is 2.02. The van der Waals surface area contributed by atoms with Gasteiger partial charge in [0.1, 0.15) is 5.76 Å². The van der Waals surface area contributed by atoms with Crippen molar-refractivity contribution in [2.24, 2.45) is 0 Å². The number of hydrogen-bond donors (Lipinski definition) is 1. The van der Waals surface area contributed by atoms with E-state index in [4.69, 9.17) is 0 Å². The van der Waals surface area contributed by atoms with Gasteiger partial charge in [0, 0.05) is 11.6 Å². The van der Waals surface area contributed by atoms with Gasteiger partial charge in [0.05, 0.1) is 0 Å². The minimum Gasteiger partial charge on any atom is -0.507 e. The van der Waals surface area contributed by atoms with E-state index in [1.807, 2.05) is 36.4 Å². The molecule has 0 unspecified atom stereocenters. The molecule has 0 aliphatic rings. The second-order valence-corrected chi connectivity index (χ2v) is 4.54. The number of aliphatic hydroxyl groups excluding tert-OH is 1. The topological polar surface area (TPSA) is 37.3 Å². The quantitative estimate of drug-likeness (QED) is 0.652. The maximum absolute atomic E-state index is 10.9. The summed E-state index contributed by atoms with van der Waals surface area (Å²) >= 11 is 0. The third kappa shape index (κ3) is 3.23. The molecule has 0 atom stereocenters. The number of hydrogen-bond acceptors (Lipinski definition) is 2. The number of aliphatic hydroxyl groups is 1. The lowest BCUT2D eigenvalue weighted by molar-refractivity contribution is -0.112. The lowest BCUT2D eigenvalue weighted by atomic mass is 10.0. The van der Waals surface area contributed by atoms with Gasteiger partial charge < -0.3 is 5.11 Å². The first-order valence-corrected chi connectivity index (χ1v) is 6.34. The van der Waals surface area contributed by atoms with Gasteiger partial charge in [-0.25, -0.2) is 0 Å². The molecule has 0 amide bonds. The fraction of sp³-hybridized carbons (Fsp3) is 0.0556. The average Bonchev–Trinajstić information content (AvgIpc) is 2.47. The van der Waals surface area contributed by atoms with Crippen LogP contribution in [0, 0.1) is 0 Å². The molecule has 0 heterocycles. The van der Waals surface area contributed by atoms with Crippen LogP contribution in [0.3, 0.4) is 0 Å². The predicted octanol–water partition coefficient (Wildman–Crippen LogP) is 4.48. The summed E-state index contributed by atoms with van der Waals surface area (Å²) in [6, 6.07) is 15.5. The Labute approximate surface area is 118 Å². The van der Waals surface area contributed by atoms with Gasteiger partial charge in [-0.1, -0.05) is 61.2 Å². The summed E-state index contributed by atoms with van der Waals surface area (Å²) < 4.78 is 0. The summed E-state index contributed by atoms with van der Waals surface area (Å²) in [6.45, 7) is 5.13. The summed E-state index contributed by atoms with van der Waals surface area (Å²) in [6.07, 6.45) is 3.02. The number of carbonyl (C=O) groups is 1. The Balaban J connectivity index is 2.27. The van der Waals surface area contributed by atoms with Crippen molar-refractivity contribution in [3.05, 3.63) is 72.3 Å². The van der Waals surface area contributed by atoms with Crippen LogP contribution in [0.4, 0.5) is 0 Å². The summed E-state index contributed by atoms with van der Waals surface area (Å²) in [4.78, 5) is 10.9. The first-order valence-electron chi connectivity index (χ1n) is 6.34. The molecule has 100 valence electrons. The van der Waals surface area contributed by atoms with Gasteiger partial charge in [-0.15, -0.1) is 0 Å². The Kier molecular flexibility index (Phi) is 4.16. The van der Waals surface area contributed by atoms with Crippen LogP contribution >= 0.6 is 0 Å². The zero-order chi connectivity index (χ0) is 14.5. The van der Waals surface area contributed by atoms with E-state index in [1.54, 1.807) is 18.2 Å². The molecule has 0 aromatic heterocycles. The van der Waals surface area contributed by atoms with E-state index in [9.17, 15) is 9.90 Å². The second kappa shape index (κ2) is 6.02. The lowest BCUT2D eigenvalue weighted by Crippen LogP contribution is -1.89. The normalized spacial score (nSPS) is 11.2. The minimum atomic E-state index is -0.174. The van der Waals surface area contributed by atoms with Gasteiger partial charge in [0.15, 0.2) is 5.78 Å². The van der Waals surface area contributed by atoms with Crippen molar-refractivity contribution < 1.29 is 9.90 Å². The van der Waals surface area contributed by atoms with Crippen LogP contribution in [0.2, 0.25) is 0 Å². The van der Waals surface area contributed by atoms with Crippen molar-refractivity contribution in [2.75, 3.05) is 0 Å². The Morgan fingerprint density at radius 1 is 1.00 bits per heavy atom. The fourth-order valence-electron chi connectivity index (χ4n) is 1.92. The van der Waals surface area contributed by atoms with Gasteiger partial charge in [0.2, 0.25) is 0 Å². The number of rotatable bonds is 4. The first kappa shape index (κ1) is 13.8. The molecular weight excluding hydrogens is 248 g/mol. The molecule has 0 saturated carbocycles. The molecule has 0 aliphatic carbocycles. The van der Waals surface area contributed by atoms with Crippen LogP contribution in [0.1, 0.15) is 18.1 Å². The van der Waals surface area contributed by atoms with Crippen molar-refractivity contribution in [3.63, 3.8) is 0 Å². The van der Waals surface area contributed by atoms with Crippen molar-refractivity contribution >= 4 is 17.6 Å². The summed E-state index contributed by atoms with van der Waals surface area (Å²) in [5.74, 6) is -0.183. The molecule has 0 radical (unpaired) electrons. The van der Waals surface area contributed by atoms with Gasteiger partial charge in [0.25, 0.3) is 0 Å². The standard InChI is InChI=1S/C18H16O2/c1-3-14-4-6-15(7-5-14)16-8-10-17(11-9-16)18(20)12-13(2)19/h3-12,20H,1H2,2H3. The van der Waals surface area contributed by atoms with Gasteiger partial charge in [-0.3, -0.25) is 4.79 Å². The van der Waals surface area contributed by atoms with Crippen LogP contribution in [0.15, 0.2) is 61.2 Å². The van der Waals surface area contributed by atoms with E-state index in [2.05, 4.69) is 6.58 Å². The van der Waals surface area contributed by atoms with Crippen LogP contribution < -0.4 is 0 Å². The average molecular weight is 264 g/mol. The molecule has 2 aromatic rings. The molecule has 1 N–H and O–H groups in total. The Morgan fingerprint density at radius 3 is 1.95 bits per heavy atom. The summed E-state index contributed by atoms with van der Waals surface area (Å²) in [7, 11) is 0. The summed E-state index contributed by atoms with van der Waals surface area (Å²) in [5.41, 5.74) is 3.86. The van der Waals surface area contributed by atoms with Crippen molar-refractivity contribution in [1.82, 2.24) is 0 Å². The highest BCUT2D eigenvalue weighted by atomic mass is 16.3.